The van der Waals surface area contributed by atoms with Crippen molar-refractivity contribution in [3.8, 4) is 0 Å². The second-order valence-electron chi connectivity index (χ2n) is 4.26. The van der Waals surface area contributed by atoms with Gasteiger partial charge in [-0.25, -0.2) is 0 Å². The first-order valence-corrected chi connectivity index (χ1v) is 6.62. The van der Waals surface area contributed by atoms with Gasteiger partial charge in [-0.05, 0) is 24.1 Å². The Labute approximate surface area is 112 Å². The molecule has 18 heavy (non-hydrogen) atoms. The highest BCUT2D eigenvalue weighted by molar-refractivity contribution is 7.80. The van der Waals surface area contributed by atoms with Gasteiger partial charge in [0.05, 0.1) is 6.04 Å². The van der Waals surface area contributed by atoms with Gasteiger partial charge >= 0.3 is 0 Å². The van der Waals surface area contributed by atoms with Crippen LogP contribution in [0.2, 0.25) is 0 Å². The zero-order valence-electron chi connectivity index (χ0n) is 9.98. The van der Waals surface area contributed by atoms with Gasteiger partial charge in [-0.2, -0.15) is 12.6 Å². The van der Waals surface area contributed by atoms with Crippen LogP contribution >= 0.6 is 12.6 Å². The minimum Gasteiger partial charge on any atom is -0.351 e. The fourth-order valence-corrected chi connectivity index (χ4v) is 2.11. The molecule has 1 aliphatic heterocycles. The molecule has 1 heterocycles. The molecule has 1 fully saturated rings. The molecule has 0 bridgehead atoms. The van der Waals surface area contributed by atoms with E-state index in [1.54, 1.807) is 12.1 Å². The van der Waals surface area contributed by atoms with Gasteiger partial charge in [0.2, 0.25) is 5.91 Å². The van der Waals surface area contributed by atoms with Crippen LogP contribution < -0.4 is 10.6 Å². The van der Waals surface area contributed by atoms with Gasteiger partial charge in [0.1, 0.15) is 0 Å². The smallest absolute Gasteiger partial charge is 0.251 e. The van der Waals surface area contributed by atoms with Crippen LogP contribution in [0.5, 0.6) is 0 Å². The van der Waals surface area contributed by atoms with Crippen molar-refractivity contribution in [2.24, 2.45) is 0 Å². The molecule has 0 aromatic heterocycles. The van der Waals surface area contributed by atoms with Gasteiger partial charge in [-0.3, -0.25) is 9.59 Å². The van der Waals surface area contributed by atoms with Gasteiger partial charge in [0, 0.05) is 24.3 Å². The number of hydrogen-bond donors (Lipinski definition) is 3. The summed E-state index contributed by atoms with van der Waals surface area (Å²) in [6, 6.07) is 7.45. The van der Waals surface area contributed by atoms with Crippen LogP contribution in [0, 0.1) is 0 Å². The second-order valence-corrected chi connectivity index (χ2v) is 4.71. The van der Waals surface area contributed by atoms with E-state index in [1.807, 2.05) is 12.1 Å². The Morgan fingerprint density at radius 2 is 2.11 bits per heavy atom. The summed E-state index contributed by atoms with van der Waals surface area (Å²) in [5, 5.41) is 5.66. The summed E-state index contributed by atoms with van der Waals surface area (Å²) in [5.41, 5.74) is 1.68. The van der Waals surface area contributed by atoms with E-state index in [1.165, 1.54) is 0 Å². The van der Waals surface area contributed by atoms with Crippen LogP contribution in [0.4, 0.5) is 0 Å². The van der Waals surface area contributed by atoms with E-state index in [-0.39, 0.29) is 17.9 Å². The van der Waals surface area contributed by atoms with E-state index in [2.05, 4.69) is 23.3 Å². The van der Waals surface area contributed by atoms with Crippen LogP contribution in [0.3, 0.4) is 0 Å². The third-order valence-corrected chi connectivity index (χ3v) is 3.19. The molecule has 1 aromatic carbocycles. The lowest BCUT2D eigenvalue weighted by Crippen LogP contribution is -2.25. The minimum absolute atomic E-state index is 0.0899. The Bertz CT molecular complexity index is 445. The predicted molar refractivity (Wildman–Crippen MR) is 72.7 cm³/mol. The lowest BCUT2D eigenvalue weighted by molar-refractivity contribution is -0.119. The van der Waals surface area contributed by atoms with Crippen molar-refractivity contribution < 1.29 is 9.59 Å². The topological polar surface area (TPSA) is 58.2 Å². The van der Waals surface area contributed by atoms with Crippen molar-refractivity contribution in [2.45, 2.75) is 18.9 Å². The van der Waals surface area contributed by atoms with Crippen molar-refractivity contribution in [1.29, 1.82) is 0 Å². The molecule has 0 aliphatic carbocycles. The molecule has 96 valence electrons. The highest BCUT2D eigenvalue weighted by Gasteiger charge is 2.22. The van der Waals surface area contributed by atoms with Crippen molar-refractivity contribution in [2.75, 3.05) is 12.3 Å². The molecule has 1 unspecified atom stereocenters. The van der Waals surface area contributed by atoms with Crippen molar-refractivity contribution in [3.05, 3.63) is 35.4 Å². The molecule has 5 heteroatoms. The minimum atomic E-state index is -0.0916. The average Bonchev–Trinajstić information content (AvgIpc) is 2.83. The Morgan fingerprint density at radius 3 is 2.67 bits per heavy atom. The molecule has 4 nitrogen and oxygen atoms in total. The SMILES string of the molecule is O=C1CCC(c2ccc(C(=O)NCCS)cc2)N1. The number of thiol groups is 1. The maximum absolute atomic E-state index is 11.7. The lowest BCUT2D eigenvalue weighted by atomic mass is 10.0. The summed E-state index contributed by atoms with van der Waals surface area (Å²) in [4.78, 5) is 22.8. The maximum atomic E-state index is 11.7. The van der Waals surface area contributed by atoms with Crippen molar-refractivity contribution in [3.63, 3.8) is 0 Å². The molecule has 2 amide bonds. The molecule has 1 atom stereocenters. The van der Waals surface area contributed by atoms with Gasteiger partial charge in [-0.1, -0.05) is 12.1 Å². The predicted octanol–water partition coefficient (Wildman–Crippen LogP) is 1.30. The van der Waals surface area contributed by atoms with Gasteiger partial charge in [-0.15, -0.1) is 0 Å². The van der Waals surface area contributed by atoms with E-state index in [4.69, 9.17) is 0 Å². The second kappa shape index (κ2) is 5.91. The molecule has 2 N–H and O–H groups in total. The molecular formula is C13H16N2O2S. The molecule has 1 aromatic rings. The summed E-state index contributed by atoms with van der Waals surface area (Å²) in [5.74, 6) is 0.624. The number of nitrogens with one attached hydrogen (secondary N) is 2. The standard InChI is InChI=1S/C13H16N2O2S/c16-12-6-5-11(15-12)9-1-3-10(4-2-9)13(17)14-7-8-18/h1-4,11,18H,5-8H2,(H,14,17)(H,15,16). The van der Waals surface area contributed by atoms with Crippen molar-refractivity contribution in [1.82, 2.24) is 10.6 Å². The molecule has 0 saturated carbocycles. The number of amides is 2. The van der Waals surface area contributed by atoms with E-state index >= 15 is 0 Å². The van der Waals surface area contributed by atoms with Gasteiger partial charge < -0.3 is 10.6 Å². The molecule has 1 aliphatic rings. The fourth-order valence-electron chi connectivity index (χ4n) is 2.00. The lowest BCUT2D eigenvalue weighted by Gasteiger charge is -2.11. The zero-order valence-corrected chi connectivity index (χ0v) is 10.9. The van der Waals surface area contributed by atoms with Gasteiger partial charge in [0.25, 0.3) is 5.91 Å². The number of rotatable bonds is 4. The quantitative estimate of drug-likeness (QED) is 0.718. The van der Waals surface area contributed by atoms with E-state index in [0.29, 0.717) is 24.3 Å². The Kier molecular flexibility index (Phi) is 4.25. The van der Waals surface area contributed by atoms with Gasteiger partial charge in [0.15, 0.2) is 0 Å². The number of benzene rings is 1. The first kappa shape index (κ1) is 13.0. The van der Waals surface area contributed by atoms with Crippen LogP contribution in [0.1, 0.15) is 34.8 Å². The summed E-state index contributed by atoms with van der Waals surface area (Å²) in [6.07, 6.45) is 1.40. The Balaban J connectivity index is 2.01. The van der Waals surface area contributed by atoms with Crippen LogP contribution in [-0.4, -0.2) is 24.1 Å². The molecule has 1 saturated heterocycles. The average molecular weight is 264 g/mol. The number of carbonyl (C=O) groups is 2. The zero-order chi connectivity index (χ0) is 13.0. The van der Waals surface area contributed by atoms with E-state index in [0.717, 1.165) is 12.0 Å². The molecular weight excluding hydrogens is 248 g/mol. The summed E-state index contributed by atoms with van der Waals surface area (Å²) < 4.78 is 0. The van der Waals surface area contributed by atoms with Crippen LogP contribution in [0.25, 0.3) is 0 Å². The van der Waals surface area contributed by atoms with Crippen molar-refractivity contribution >= 4 is 24.4 Å². The highest BCUT2D eigenvalue weighted by Crippen LogP contribution is 2.23. The first-order chi connectivity index (χ1) is 8.70. The van der Waals surface area contributed by atoms with E-state index in [9.17, 15) is 9.59 Å². The number of carbonyl (C=O) groups excluding carboxylic acids is 2. The first-order valence-electron chi connectivity index (χ1n) is 5.99. The maximum Gasteiger partial charge on any atom is 0.251 e. The Morgan fingerprint density at radius 1 is 1.39 bits per heavy atom. The molecule has 0 radical (unpaired) electrons. The third kappa shape index (κ3) is 3.04. The summed E-state index contributed by atoms with van der Waals surface area (Å²) in [6.45, 7) is 0.558. The van der Waals surface area contributed by atoms with Crippen LogP contribution in [-0.2, 0) is 4.79 Å². The van der Waals surface area contributed by atoms with Crippen LogP contribution in [0.15, 0.2) is 24.3 Å². The fraction of sp³-hybridized carbons (Fsp3) is 0.385. The molecule has 0 spiro atoms. The summed E-state index contributed by atoms with van der Waals surface area (Å²) >= 11 is 4.04. The normalized spacial score (nSPS) is 18.5. The molecule has 2 rings (SSSR count). The van der Waals surface area contributed by atoms with E-state index < -0.39 is 0 Å². The highest BCUT2D eigenvalue weighted by atomic mass is 32.1. The number of hydrogen-bond acceptors (Lipinski definition) is 3. The Hall–Kier alpha value is -1.49. The largest absolute Gasteiger partial charge is 0.351 e. The summed E-state index contributed by atoms with van der Waals surface area (Å²) in [7, 11) is 0. The monoisotopic (exact) mass is 264 g/mol. The third-order valence-electron chi connectivity index (χ3n) is 2.97.